The zero-order chi connectivity index (χ0) is 14.8. The number of amides is 2. The molecule has 0 atom stereocenters. The Bertz CT molecular complexity index is 317. The van der Waals surface area contributed by atoms with E-state index >= 15 is 0 Å². The number of imide groups is 1. The first-order valence-electron chi connectivity index (χ1n) is 6.26. The van der Waals surface area contributed by atoms with Crippen LogP contribution in [0.25, 0.3) is 0 Å². The highest BCUT2D eigenvalue weighted by Crippen LogP contribution is 1.98. The smallest absolute Gasteiger partial charge is 0.413 e. The average molecular weight is 274 g/mol. The van der Waals surface area contributed by atoms with Gasteiger partial charge in [-0.1, -0.05) is 0 Å². The molecule has 0 bridgehead atoms. The van der Waals surface area contributed by atoms with Crippen LogP contribution in [0.2, 0.25) is 0 Å². The van der Waals surface area contributed by atoms with Crippen molar-refractivity contribution in [3.8, 4) is 0 Å². The highest BCUT2D eigenvalue weighted by atomic mass is 16.5. The second-order valence-electron chi connectivity index (χ2n) is 4.07. The van der Waals surface area contributed by atoms with E-state index < -0.39 is 18.0 Å². The van der Waals surface area contributed by atoms with Gasteiger partial charge in [-0.25, -0.2) is 4.79 Å². The van der Waals surface area contributed by atoms with Gasteiger partial charge in [0.15, 0.2) is 0 Å². The van der Waals surface area contributed by atoms with Gasteiger partial charge >= 0.3 is 12.1 Å². The fourth-order valence-electron chi connectivity index (χ4n) is 1.30. The van der Waals surface area contributed by atoms with E-state index in [-0.39, 0.29) is 25.7 Å². The molecule has 0 radical (unpaired) electrons. The van der Waals surface area contributed by atoms with Crippen molar-refractivity contribution in [2.24, 2.45) is 0 Å². The van der Waals surface area contributed by atoms with Crippen molar-refractivity contribution in [3.63, 3.8) is 0 Å². The average Bonchev–Trinajstić information content (AvgIpc) is 2.28. The molecule has 0 unspecified atom stereocenters. The third-order valence-corrected chi connectivity index (χ3v) is 2.23. The number of esters is 1. The molecule has 2 amide bonds. The Hall–Kier alpha value is -1.63. The molecule has 19 heavy (non-hydrogen) atoms. The van der Waals surface area contributed by atoms with Crippen LogP contribution in [0.3, 0.4) is 0 Å². The summed E-state index contributed by atoms with van der Waals surface area (Å²) in [6.45, 7) is 7.46. The maximum absolute atomic E-state index is 11.6. The minimum absolute atomic E-state index is 0.00174. The van der Waals surface area contributed by atoms with Gasteiger partial charge in [0, 0.05) is 6.04 Å². The van der Waals surface area contributed by atoms with E-state index in [0.717, 1.165) is 0 Å². The fraction of sp³-hybridized carbons (Fsp3) is 0.750. The second kappa shape index (κ2) is 9.32. The van der Waals surface area contributed by atoms with E-state index in [4.69, 9.17) is 4.74 Å². The molecule has 0 fully saturated rings. The summed E-state index contributed by atoms with van der Waals surface area (Å²) in [5.74, 6) is -0.920. The van der Waals surface area contributed by atoms with Crippen molar-refractivity contribution < 1.29 is 23.9 Å². The second-order valence-corrected chi connectivity index (χ2v) is 4.07. The van der Waals surface area contributed by atoms with Crippen molar-refractivity contribution in [2.75, 3.05) is 26.3 Å². The predicted octanol–water partition coefficient (Wildman–Crippen LogP) is 0.533. The minimum Gasteiger partial charge on any atom is -0.465 e. The van der Waals surface area contributed by atoms with E-state index in [2.05, 4.69) is 10.1 Å². The van der Waals surface area contributed by atoms with Gasteiger partial charge in [0.1, 0.15) is 0 Å². The molecule has 0 aromatic carbocycles. The van der Waals surface area contributed by atoms with Crippen LogP contribution in [-0.4, -0.2) is 55.2 Å². The number of ether oxygens (including phenoxy) is 2. The van der Waals surface area contributed by atoms with Crippen molar-refractivity contribution in [1.82, 2.24) is 10.2 Å². The monoisotopic (exact) mass is 274 g/mol. The summed E-state index contributed by atoms with van der Waals surface area (Å²) >= 11 is 0. The zero-order valence-electron chi connectivity index (χ0n) is 11.9. The number of nitrogens with zero attached hydrogens (tertiary/aromatic N) is 1. The molecule has 0 aromatic rings. The van der Waals surface area contributed by atoms with Gasteiger partial charge in [-0.05, 0) is 27.7 Å². The van der Waals surface area contributed by atoms with Crippen LogP contribution < -0.4 is 5.32 Å². The topological polar surface area (TPSA) is 84.9 Å². The molecule has 0 heterocycles. The summed E-state index contributed by atoms with van der Waals surface area (Å²) in [5.41, 5.74) is 0. The lowest BCUT2D eigenvalue weighted by Gasteiger charge is -2.24. The first-order valence-corrected chi connectivity index (χ1v) is 6.26. The lowest BCUT2D eigenvalue weighted by Crippen LogP contribution is -2.45. The largest absolute Gasteiger partial charge is 0.465 e. The molecule has 110 valence electrons. The fourth-order valence-corrected chi connectivity index (χ4v) is 1.30. The Balaban J connectivity index is 4.30. The summed E-state index contributed by atoms with van der Waals surface area (Å²) in [7, 11) is 0. The van der Waals surface area contributed by atoms with Gasteiger partial charge in [0.2, 0.25) is 5.91 Å². The number of nitrogens with one attached hydrogen (secondary N) is 1. The standard InChI is InChI=1S/C12H22N2O5/c1-5-18-11(16)8-14(9(3)4)7-10(15)13-12(17)19-6-2/h9H,5-8H2,1-4H3,(H,13,15,17). The van der Waals surface area contributed by atoms with Crippen LogP contribution in [0.5, 0.6) is 0 Å². The van der Waals surface area contributed by atoms with Crippen LogP contribution in [0, 0.1) is 0 Å². The maximum Gasteiger partial charge on any atom is 0.413 e. The van der Waals surface area contributed by atoms with Crippen LogP contribution in [0.4, 0.5) is 4.79 Å². The number of hydrogen-bond acceptors (Lipinski definition) is 6. The van der Waals surface area contributed by atoms with Gasteiger partial charge in [-0.2, -0.15) is 0 Å². The van der Waals surface area contributed by atoms with Gasteiger partial charge in [-0.15, -0.1) is 0 Å². The third-order valence-electron chi connectivity index (χ3n) is 2.23. The van der Waals surface area contributed by atoms with E-state index in [9.17, 15) is 14.4 Å². The summed E-state index contributed by atoms with van der Waals surface area (Å²) in [6, 6.07) is -0.0302. The van der Waals surface area contributed by atoms with E-state index in [1.165, 1.54) is 0 Å². The summed E-state index contributed by atoms with van der Waals surface area (Å²) < 4.78 is 9.41. The Morgan fingerprint density at radius 3 is 2.11 bits per heavy atom. The van der Waals surface area contributed by atoms with Crippen molar-refractivity contribution in [1.29, 1.82) is 0 Å². The predicted molar refractivity (Wildman–Crippen MR) is 68.5 cm³/mol. The molecule has 0 aromatic heterocycles. The lowest BCUT2D eigenvalue weighted by molar-refractivity contribution is -0.145. The summed E-state index contributed by atoms with van der Waals surface area (Å²) in [6.07, 6.45) is -0.785. The third kappa shape index (κ3) is 8.15. The van der Waals surface area contributed by atoms with Crippen LogP contribution in [0.15, 0.2) is 0 Å². The SMILES string of the molecule is CCOC(=O)CN(CC(=O)NC(=O)OCC)C(C)C. The molecular weight excluding hydrogens is 252 g/mol. The lowest BCUT2D eigenvalue weighted by atomic mass is 10.3. The summed E-state index contributed by atoms with van der Waals surface area (Å²) in [4.78, 5) is 35.6. The molecule has 0 aliphatic carbocycles. The van der Waals surface area contributed by atoms with Crippen LogP contribution >= 0.6 is 0 Å². The van der Waals surface area contributed by atoms with Crippen LogP contribution in [0.1, 0.15) is 27.7 Å². The molecule has 7 heteroatoms. The molecule has 7 nitrogen and oxygen atoms in total. The first kappa shape index (κ1) is 17.4. The van der Waals surface area contributed by atoms with E-state index in [1.54, 1.807) is 18.7 Å². The number of alkyl carbamates (subject to hydrolysis) is 1. The van der Waals surface area contributed by atoms with Crippen molar-refractivity contribution in [2.45, 2.75) is 33.7 Å². The molecule has 0 aliphatic rings. The Kier molecular flexibility index (Phi) is 8.52. The Morgan fingerprint density at radius 1 is 1.05 bits per heavy atom. The number of carbonyl (C=O) groups is 3. The van der Waals surface area contributed by atoms with Gasteiger partial charge in [-0.3, -0.25) is 19.8 Å². The summed E-state index contributed by atoms with van der Waals surface area (Å²) in [5, 5.41) is 2.08. The highest BCUT2D eigenvalue weighted by Gasteiger charge is 2.19. The number of rotatable bonds is 7. The minimum atomic E-state index is -0.785. The zero-order valence-corrected chi connectivity index (χ0v) is 11.9. The molecule has 1 N–H and O–H groups in total. The Labute approximate surface area is 113 Å². The van der Waals surface area contributed by atoms with E-state index in [1.807, 2.05) is 13.8 Å². The number of carbonyl (C=O) groups excluding carboxylic acids is 3. The van der Waals surface area contributed by atoms with Gasteiger partial charge in [0.05, 0.1) is 26.3 Å². The van der Waals surface area contributed by atoms with E-state index in [0.29, 0.717) is 6.61 Å². The molecule has 0 saturated carbocycles. The molecule has 0 rings (SSSR count). The van der Waals surface area contributed by atoms with Gasteiger partial charge < -0.3 is 9.47 Å². The molecule has 0 spiro atoms. The van der Waals surface area contributed by atoms with Gasteiger partial charge in [0.25, 0.3) is 0 Å². The normalized spacial score (nSPS) is 10.4. The Morgan fingerprint density at radius 2 is 1.63 bits per heavy atom. The highest BCUT2D eigenvalue weighted by molar-refractivity contribution is 5.93. The molecule has 0 aliphatic heterocycles. The first-order chi connectivity index (χ1) is 8.90. The maximum atomic E-state index is 11.6. The number of hydrogen-bond donors (Lipinski definition) is 1. The van der Waals surface area contributed by atoms with Crippen LogP contribution in [-0.2, 0) is 19.1 Å². The molecule has 0 saturated heterocycles. The quantitative estimate of drug-likeness (QED) is 0.682. The molecular formula is C12H22N2O5. The van der Waals surface area contributed by atoms with Crippen molar-refractivity contribution in [3.05, 3.63) is 0 Å². The van der Waals surface area contributed by atoms with Crippen molar-refractivity contribution >= 4 is 18.0 Å².